The van der Waals surface area contributed by atoms with Crippen molar-refractivity contribution in [2.45, 2.75) is 56.8 Å². The summed E-state index contributed by atoms with van der Waals surface area (Å²) in [7, 11) is -3.68. The number of nitrogens with zero attached hydrogens (tertiary/aromatic N) is 1. The van der Waals surface area contributed by atoms with Gasteiger partial charge in [-0.25, -0.2) is 8.42 Å². The van der Waals surface area contributed by atoms with Crippen molar-refractivity contribution in [2.24, 2.45) is 0 Å². The molecule has 1 heterocycles. The molecule has 1 aliphatic carbocycles. The van der Waals surface area contributed by atoms with E-state index in [0.29, 0.717) is 25.2 Å². The molecule has 2 aromatic rings. The fraction of sp³-hybridized carbons (Fsp3) is 0.435. The normalized spacial score (nSPS) is 21.9. The number of ether oxygens (including phenoxy) is 1. The summed E-state index contributed by atoms with van der Waals surface area (Å²) < 4.78 is 33.2. The van der Waals surface area contributed by atoms with Crippen LogP contribution in [-0.2, 0) is 34.1 Å². The zero-order valence-electron chi connectivity index (χ0n) is 17.4. The zero-order chi connectivity index (χ0) is 21.3. The van der Waals surface area contributed by atoms with Gasteiger partial charge in [-0.05, 0) is 68.0 Å². The van der Waals surface area contributed by atoms with Crippen LogP contribution in [0, 0.1) is 0 Å². The quantitative estimate of drug-likeness (QED) is 0.795. The van der Waals surface area contributed by atoms with Crippen molar-refractivity contribution in [3.8, 4) is 0 Å². The molecule has 0 spiro atoms. The van der Waals surface area contributed by atoms with Gasteiger partial charge < -0.3 is 10.1 Å². The summed E-state index contributed by atoms with van der Waals surface area (Å²) in [5.74, 6) is -0.281. The second kappa shape index (κ2) is 8.49. The van der Waals surface area contributed by atoms with Crippen LogP contribution in [-0.4, -0.2) is 43.9 Å². The highest BCUT2D eigenvalue weighted by molar-refractivity contribution is 7.89. The van der Waals surface area contributed by atoms with Crippen LogP contribution in [0.2, 0.25) is 0 Å². The van der Waals surface area contributed by atoms with E-state index in [1.54, 1.807) is 12.1 Å². The second-order valence-corrected chi connectivity index (χ2v) is 10.2. The first-order chi connectivity index (χ1) is 14.3. The summed E-state index contributed by atoms with van der Waals surface area (Å²) in [6.07, 6.45) is 3.08. The molecule has 1 N–H and O–H groups in total. The van der Waals surface area contributed by atoms with Crippen LogP contribution in [0.15, 0.2) is 47.4 Å². The lowest BCUT2D eigenvalue weighted by Crippen LogP contribution is -2.48. The van der Waals surface area contributed by atoms with E-state index in [4.69, 9.17) is 4.74 Å². The van der Waals surface area contributed by atoms with Gasteiger partial charge in [0, 0.05) is 25.2 Å². The summed E-state index contributed by atoms with van der Waals surface area (Å²) in [6, 6.07) is 12.6. The smallest absolute Gasteiger partial charge is 0.251 e. The van der Waals surface area contributed by atoms with Gasteiger partial charge in [0.15, 0.2) is 0 Å². The molecule has 160 valence electrons. The number of carbonyl (C=O) groups is 1. The van der Waals surface area contributed by atoms with Crippen molar-refractivity contribution in [1.29, 1.82) is 0 Å². The Bertz CT molecular complexity index is 1040. The molecule has 0 saturated carbocycles. The highest BCUT2D eigenvalue weighted by Crippen LogP contribution is 2.24. The minimum atomic E-state index is -3.68. The average Bonchev–Trinajstić information content (AvgIpc) is 3.19. The summed E-state index contributed by atoms with van der Waals surface area (Å²) in [6.45, 7) is 4.76. The van der Waals surface area contributed by atoms with Crippen molar-refractivity contribution in [3.05, 3.63) is 64.7 Å². The summed E-state index contributed by atoms with van der Waals surface area (Å²) in [4.78, 5) is 12.8. The Morgan fingerprint density at radius 3 is 2.57 bits per heavy atom. The van der Waals surface area contributed by atoms with Crippen molar-refractivity contribution in [3.63, 3.8) is 0 Å². The molecule has 4 rings (SSSR count). The highest BCUT2D eigenvalue weighted by atomic mass is 32.2. The maximum Gasteiger partial charge on any atom is 0.251 e. The fourth-order valence-electron chi connectivity index (χ4n) is 4.29. The van der Waals surface area contributed by atoms with E-state index in [2.05, 4.69) is 17.4 Å². The zero-order valence-corrected chi connectivity index (χ0v) is 18.2. The van der Waals surface area contributed by atoms with Gasteiger partial charge in [0.05, 0.1) is 17.1 Å². The number of carbonyl (C=O) groups excluding carboxylic acids is 1. The van der Waals surface area contributed by atoms with Gasteiger partial charge in [0.25, 0.3) is 5.91 Å². The second-order valence-electron chi connectivity index (χ2n) is 8.25. The largest absolute Gasteiger partial charge is 0.373 e. The van der Waals surface area contributed by atoms with Crippen LogP contribution in [0.1, 0.15) is 47.3 Å². The predicted molar refractivity (Wildman–Crippen MR) is 115 cm³/mol. The van der Waals surface area contributed by atoms with Gasteiger partial charge in [-0.3, -0.25) is 4.79 Å². The standard InChI is InChI=1S/C23H28N2O4S/c1-16-14-25(15-17(2)29-16)30(27,28)22-8-4-7-21(12-22)23(26)24-13-18-9-10-19-5-3-6-20(19)11-18/h4,7-12,16-17H,3,5-6,13-15H2,1-2H3,(H,24,26). The van der Waals surface area contributed by atoms with Gasteiger partial charge in [-0.1, -0.05) is 24.3 Å². The Kier molecular flexibility index (Phi) is 5.95. The van der Waals surface area contributed by atoms with Crippen LogP contribution in [0.4, 0.5) is 0 Å². The molecule has 1 aliphatic heterocycles. The molecule has 2 unspecified atom stereocenters. The maximum atomic E-state index is 13.1. The molecule has 0 bridgehead atoms. The van der Waals surface area contributed by atoms with Crippen LogP contribution in [0.3, 0.4) is 0 Å². The van der Waals surface area contributed by atoms with Gasteiger partial charge in [-0.15, -0.1) is 0 Å². The Morgan fingerprint density at radius 2 is 1.80 bits per heavy atom. The fourth-order valence-corrected chi connectivity index (χ4v) is 5.93. The van der Waals surface area contributed by atoms with E-state index in [1.165, 1.54) is 34.0 Å². The molecule has 2 aliphatic rings. The van der Waals surface area contributed by atoms with Gasteiger partial charge in [0.2, 0.25) is 10.0 Å². The molecule has 1 saturated heterocycles. The third-order valence-corrected chi connectivity index (χ3v) is 7.56. The Hall–Kier alpha value is -2.22. The van der Waals surface area contributed by atoms with E-state index in [0.717, 1.165) is 18.4 Å². The average molecular weight is 429 g/mol. The van der Waals surface area contributed by atoms with E-state index >= 15 is 0 Å². The summed E-state index contributed by atoms with van der Waals surface area (Å²) in [5.41, 5.74) is 4.16. The van der Waals surface area contributed by atoms with Crippen molar-refractivity contribution in [1.82, 2.24) is 9.62 Å². The lowest BCUT2D eigenvalue weighted by atomic mass is 10.1. The van der Waals surface area contributed by atoms with E-state index in [-0.39, 0.29) is 23.0 Å². The molecule has 6 nitrogen and oxygen atoms in total. The first kappa shape index (κ1) is 21.0. The molecule has 2 aromatic carbocycles. The van der Waals surface area contributed by atoms with Crippen molar-refractivity contribution < 1.29 is 17.9 Å². The van der Waals surface area contributed by atoms with E-state index in [9.17, 15) is 13.2 Å². The van der Waals surface area contributed by atoms with Crippen molar-refractivity contribution in [2.75, 3.05) is 13.1 Å². The van der Waals surface area contributed by atoms with Crippen LogP contribution < -0.4 is 5.32 Å². The van der Waals surface area contributed by atoms with Crippen LogP contribution in [0.5, 0.6) is 0 Å². The third-order valence-electron chi connectivity index (χ3n) is 5.74. The first-order valence-corrected chi connectivity index (χ1v) is 11.9. The molecule has 2 atom stereocenters. The van der Waals surface area contributed by atoms with Crippen molar-refractivity contribution >= 4 is 15.9 Å². The number of amides is 1. The minimum Gasteiger partial charge on any atom is -0.373 e. The Balaban J connectivity index is 1.46. The van der Waals surface area contributed by atoms with Gasteiger partial charge in [-0.2, -0.15) is 4.31 Å². The van der Waals surface area contributed by atoms with E-state index < -0.39 is 10.0 Å². The molecule has 7 heteroatoms. The number of fused-ring (bicyclic) bond motifs is 1. The number of nitrogens with one attached hydrogen (secondary N) is 1. The lowest BCUT2D eigenvalue weighted by molar-refractivity contribution is -0.0440. The Morgan fingerprint density at radius 1 is 1.07 bits per heavy atom. The number of sulfonamides is 1. The number of rotatable bonds is 5. The molecule has 0 radical (unpaired) electrons. The van der Waals surface area contributed by atoms with E-state index in [1.807, 2.05) is 19.9 Å². The van der Waals surface area contributed by atoms with Gasteiger partial charge >= 0.3 is 0 Å². The lowest BCUT2D eigenvalue weighted by Gasteiger charge is -2.34. The summed E-state index contributed by atoms with van der Waals surface area (Å²) in [5, 5.41) is 2.91. The molecular weight excluding hydrogens is 400 g/mol. The van der Waals surface area contributed by atoms with Crippen LogP contribution >= 0.6 is 0 Å². The minimum absolute atomic E-state index is 0.133. The number of aryl methyl sites for hydroxylation is 2. The number of benzene rings is 2. The number of morpholine rings is 1. The molecule has 1 amide bonds. The molecule has 1 fully saturated rings. The van der Waals surface area contributed by atoms with Crippen LogP contribution in [0.25, 0.3) is 0 Å². The first-order valence-electron chi connectivity index (χ1n) is 10.5. The number of hydrogen-bond acceptors (Lipinski definition) is 4. The number of hydrogen-bond donors (Lipinski definition) is 1. The molecule has 30 heavy (non-hydrogen) atoms. The third kappa shape index (κ3) is 4.43. The Labute approximate surface area is 178 Å². The highest BCUT2D eigenvalue weighted by Gasteiger charge is 2.32. The SMILES string of the molecule is CC1CN(S(=O)(=O)c2cccc(C(=O)NCc3ccc4c(c3)CCC4)c2)CC(C)O1. The summed E-state index contributed by atoms with van der Waals surface area (Å²) >= 11 is 0. The van der Waals surface area contributed by atoms with Gasteiger partial charge in [0.1, 0.15) is 0 Å². The predicted octanol–water partition coefficient (Wildman–Crippen LogP) is 2.90. The monoisotopic (exact) mass is 428 g/mol. The topological polar surface area (TPSA) is 75.7 Å². The molecular formula is C23H28N2O4S. The molecule has 0 aromatic heterocycles. The maximum absolute atomic E-state index is 13.1.